The number of hydrogen-bond donors (Lipinski definition) is 1. The third-order valence-corrected chi connectivity index (χ3v) is 5.97. The van der Waals surface area contributed by atoms with Gasteiger partial charge < -0.3 is 10.0 Å². The van der Waals surface area contributed by atoms with Crippen LogP contribution in [0.15, 0.2) is 29.2 Å². The van der Waals surface area contributed by atoms with E-state index in [2.05, 4.69) is 0 Å². The molecule has 2 fully saturated rings. The first-order valence-electron chi connectivity index (χ1n) is 8.90. The Kier molecular flexibility index (Phi) is 6.41. The molecule has 0 radical (unpaired) electrons. The molecule has 2 saturated heterocycles. The van der Waals surface area contributed by atoms with Crippen molar-refractivity contribution in [2.45, 2.75) is 31.7 Å². The van der Waals surface area contributed by atoms with Crippen LogP contribution in [0.1, 0.15) is 31.2 Å². The number of thioether (sulfide) groups is 1. The lowest BCUT2D eigenvalue weighted by atomic mass is 10.0. The predicted molar refractivity (Wildman–Crippen MR) is 106 cm³/mol. The quantitative estimate of drug-likeness (QED) is 0.732. The fraction of sp³-hybridized carbons (Fsp3) is 0.368. The van der Waals surface area contributed by atoms with Gasteiger partial charge in [0.1, 0.15) is 6.04 Å². The lowest BCUT2D eigenvalue weighted by molar-refractivity contribution is -0.152. The molecular weight excluding hydrogens is 404 g/mol. The minimum atomic E-state index is -1.03. The molecule has 0 saturated carbocycles. The summed E-state index contributed by atoms with van der Waals surface area (Å²) >= 11 is 6.89. The molecule has 0 aromatic heterocycles. The van der Waals surface area contributed by atoms with Crippen LogP contribution in [0, 0.1) is 0 Å². The molecule has 0 spiro atoms. The molecule has 0 bridgehead atoms. The first-order chi connectivity index (χ1) is 13.4. The van der Waals surface area contributed by atoms with Crippen molar-refractivity contribution < 1.29 is 24.3 Å². The Balaban J connectivity index is 1.65. The number of carbonyl (C=O) groups excluding carboxylic acids is 3. The summed E-state index contributed by atoms with van der Waals surface area (Å²) in [6.07, 6.45) is 3.39. The summed E-state index contributed by atoms with van der Waals surface area (Å²) in [5, 5.41) is 9.30. The van der Waals surface area contributed by atoms with Gasteiger partial charge >= 0.3 is 5.97 Å². The van der Waals surface area contributed by atoms with Gasteiger partial charge in [0.05, 0.1) is 4.91 Å². The van der Waals surface area contributed by atoms with Crippen molar-refractivity contribution in [2.24, 2.45) is 0 Å². The highest BCUT2D eigenvalue weighted by molar-refractivity contribution is 8.18. The number of likely N-dealkylation sites (tertiary alicyclic amines) is 1. The molecule has 28 heavy (non-hydrogen) atoms. The number of piperidine rings is 1. The second-order valence-corrected chi connectivity index (χ2v) is 7.94. The number of nitrogens with zero attached hydrogens (tertiary/aromatic N) is 2. The fourth-order valence-corrected chi connectivity index (χ4v) is 4.31. The molecule has 3 amide bonds. The Hall–Kier alpha value is -2.32. The number of carboxylic acids is 1. The minimum Gasteiger partial charge on any atom is -0.480 e. The van der Waals surface area contributed by atoms with E-state index in [1.54, 1.807) is 30.3 Å². The van der Waals surface area contributed by atoms with Gasteiger partial charge in [0.25, 0.3) is 11.1 Å². The van der Waals surface area contributed by atoms with Crippen molar-refractivity contribution in [1.29, 1.82) is 0 Å². The van der Waals surface area contributed by atoms with E-state index >= 15 is 0 Å². The largest absolute Gasteiger partial charge is 0.480 e. The molecule has 1 aromatic rings. The highest BCUT2D eigenvalue weighted by atomic mass is 35.5. The standard InChI is InChI=1S/C19H19ClN2O5S/c20-13-6-2-1-5-12(13)11-15-17(24)22(19(27)28-15)10-8-16(23)21-9-4-3-7-14(21)18(25)26/h1-2,5-6,11,14H,3-4,7-10H2,(H,25,26). The Morgan fingerprint density at radius 2 is 2.00 bits per heavy atom. The number of imide groups is 1. The Labute approximate surface area is 171 Å². The van der Waals surface area contributed by atoms with E-state index in [-0.39, 0.29) is 23.8 Å². The monoisotopic (exact) mass is 422 g/mol. The topological polar surface area (TPSA) is 95.0 Å². The third-order valence-electron chi connectivity index (χ3n) is 4.72. The molecule has 2 heterocycles. The maximum Gasteiger partial charge on any atom is 0.326 e. The van der Waals surface area contributed by atoms with Crippen molar-refractivity contribution in [1.82, 2.24) is 9.80 Å². The zero-order valence-electron chi connectivity index (χ0n) is 15.0. The highest BCUT2D eigenvalue weighted by Gasteiger charge is 2.37. The number of hydrogen-bond acceptors (Lipinski definition) is 5. The van der Waals surface area contributed by atoms with Crippen molar-refractivity contribution in [2.75, 3.05) is 13.1 Å². The summed E-state index contributed by atoms with van der Waals surface area (Å²) < 4.78 is 0. The first-order valence-corrected chi connectivity index (χ1v) is 10.1. The lowest BCUT2D eigenvalue weighted by Gasteiger charge is -2.33. The number of rotatable bonds is 5. The average molecular weight is 423 g/mol. The van der Waals surface area contributed by atoms with Crippen LogP contribution in [-0.4, -0.2) is 57.1 Å². The van der Waals surface area contributed by atoms with Crippen LogP contribution < -0.4 is 0 Å². The maximum absolute atomic E-state index is 12.5. The minimum absolute atomic E-state index is 0.0772. The summed E-state index contributed by atoms with van der Waals surface area (Å²) in [5.74, 6) is -1.86. The number of aliphatic carboxylic acids is 1. The van der Waals surface area contributed by atoms with Crippen LogP contribution in [0.3, 0.4) is 0 Å². The molecule has 7 nitrogen and oxygen atoms in total. The highest BCUT2D eigenvalue weighted by Crippen LogP contribution is 2.33. The van der Waals surface area contributed by atoms with Gasteiger partial charge in [-0.25, -0.2) is 4.79 Å². The van der Waals surface area contributed by atoms with Crippen LogP contribution in [0.5, 0.6) is 0 Å². The Bertz CT molecular complexity index is 856. The van der Waals surface area contributed by atoms with Crippen molar-refractivity contribution in [3.05, 3.63) is 39.8 Å². The lowest BCUT2D eigenvalue weighted by Crippen LogP contribution is -2.48. The molecule has 2 aliphatic heterocycles. The number of benzene rings is 1. The number of carboxylic acid groups (broad SMARTS) is 1. The normalized spacial score (nSPS) is 21.5. The number of amides is 3. The van der Waals surface area contributed by atoms with Crippen molar-refractivity contribution in [3.63, 3.8) is 0 Å². The van der Waals surface area contributed by atoms with Gasteiger partial charge in [-0.1, -0.05) is 29.8 Å². The van der Waals surface area contributed by atoms with Gasteiger partial charge in [0, 0.05) is 24.5 Å². The van der Waals surface area contributed by atoms with Crippen LogP contribution in [0.2, 0.25) is 5.02 Å². The van der Waals surface area contributed by atoms with Crippen LogP contribution in [-0.2, 0) is 14.4 Å². The van der Waals surface area contributed by atoms with E-state index in [1.165, 1.54) is 4.90 Å². The molecule has 1 unspecified atom stereocenters. The van der Waals surface area contributed by atoms with Crippen molar-refractivity contribution >= 4 is 52.5 Å². The van der Waals surface area contributed by atoms with E-state index in [9.17, 15) is 24.3 Å². The van der Waals surface area contributed by atoms with Gasteiger partial charge in [0.15, 0.2) is 0 Å². The molecule has 9 heteroatoms. The van der Waals surface area contributed by atoms with Crippen molar-refractivity contribution in [3.8, 4) is 0 Å². The number of carbonyl (C=O) groups is 4. The van der Waals surface area contributed by atoms with Crippen LogP contribution in [0.25, 0.3) is 6.08 Å². The second kappa shape index (κ2) is 8.79. The summed E-state index contributed by atoms with van der Waals surface area (Å²) in [7, 11) is 0. The summed E-state index contributed by atoms with van der Waals surface area (Å²) in [5.41, 5.74) is 0.628. The molecule has 1 aromatic carbocycles. The summed E-state index contributed by atoms with van der Waals surface area (Å²) in [4.78, 5) is 51.2. The molecule has 2 aliphatic rings. The molecule has 1 atom stereocenters. The first kappa shape index (κ1) is 20.4. The van der Waals surface area contributed by atoms with E-state index in [0.29, 0.717) is 23.6 Å². The summed E-state index contributed by atoms with van der Waals surface area (Å²) in [6, 6.07) is 6.13. The summed E-state index contributed by atoms with van der Waals surface area (Å²) in [6.45, 7) is 0.302. The average Bonchev–Trinajstić information content (AvgIpc) is 2.94. The molecule has 0 aliphatic carbocycles. The number of halogens is 1. The van der Waals surface area contributed by atoms with E-state index in [4.69, 9.17) is 11.6 Å². The molecule has 1 N–H and O–H groups in total. The zero-order valence-corrected chi connectivity index (χ0v) is 16.5. The third kappa shape index (κ3) is 4.39. The van der Waals surface area contributed by atoms with Gasteiger partial charge in [-0.3, -0.25) is 19.3 Å². The van der Waals surface area contributed by atoms with Gasteiger partial charge in [-0.15, -0.1) is 0 Å². The molecular formula is C19H19ClN2O5S. The van der Waals surface area contributed by atoms with Crippen LogP contribution >= 0.6 is 23.4 Å². The van der Waals surface area contributed by atoms with Crippen LogP contribution in [0.4, 0.5) is 4.79 Å². The van der Waals surface area contributed by atoms with Gasteiger partial charge in [0.2, 0.25) is 5.91 Å². The fourth-order valence-electron chi connectivity index (χ4n) is 3.26. The zero-order chi connectivity index (χ0) is 20.3. The maximum atomic E-state index is 12.5. The SMILES string of the molecule is O=C(O)C1CCCCN1C(=O)CCN1C(=O)SC(=Cc2ccccc2Cl)C1=O. The van der Waals surface area contributed by atoms with Gasteiger partial charge in [-0.05, 0) is 48.7 Å². The van der Waals surface area contributed by atoms with E-state index in [1.807, 2.05) is 0 Å². The predicted octanol–water partition coefficient (Wildman–Crippen LogP) is 3.23. The van der Waals surface area contributed by atoms with E-state index < -0.39 is 23.2 Å². The Morgan fingerprint density at radius 1 is 1.25 bits per heavy atom. The second-order valence-electron chi connectivity index (χ2n) is 6.54. The molecule has 3 rings (SSSR count). The smallest absolute Gasteiger partial charge is 0.326 e. The van der Waals surface area contributed by atoms with E-state index in [0.717, 1.165) is 29.5 Å². The Morgan fingerprint density at radius 3 is 2.71 bits per heavy atom. The molecule has 148 valence electrons. The van der Waals surface area contributed by atoms with Gasteiger partial charge in [-0.2, -0.15) is 0 Å².